The summed E-state index contributed by atoms with van der Waals surface area (Å²) in [7, 11) is -1.17. The highest BCUT2D eigenvalue weighted by Crippen LogP contribution is 2.20. The first-order valence-corrected chi connectivity index (χ1v) is 8.28. The maximum Gasteiger partial charge on any atom is 0.287 e. The van der Waals surface area contributed by atoms with Gasteiger partial charge in [-0.2, -0.15) is 0 Å². The summed E-state index contributed by atoms with van der Waals surface area (Å²) in [6.45, 7) is 1.99. The molecule has 1 heterocycles. The van der Waals surface area contributed by atoms with E-state index in [-0.39, 0.29) is 17.4 Å². The van der Waals surface area contributed by atoms with Crippen molar-refractivity contribution in [1.82, 2.24) is 5.32 Å². The molecule has 2 aromatic rings. The average Bonchev–Trinajstić information content (AvgIpc) is 3.15. The molecule has 0 aliphatic heterocycles. The maximum absolute atomic E-state index is 12.2. The predicted octanol–water partition coefficient (Wildman–Crippen LogP) is 2.79. The number of hydrogen-bond donors (Lipinski definition) is 1. The summed E-state index contributed by atoms with van der Waals surface area (Å²) < 4.78 is 17.7. The highest BCUT2D eigenvalue weighted by molar-refractivity contribution is 7.84. The molecule has 1 aliphatic carbocycles. The summed E-state index contributed by atoms with van der Waals surface area (Å²) in [6.07, 6.45) is 2.08. The summed E-state index contributed by atoms with van der Waals surface area (Å²) in [5.74, 6) is 0.942. The van der Waals surface area contributed by atoms with E-state index in [2.05, 4.69) is 5.32 Å². The zero-order chi connectivity index (χ0) is 14.8. The molecule has 1 aromatic carbocycles. The van der Waals surface area contributed by atoms with E-state index in [1.54, 1.807) is 12.1 Å². The molecule has 0 bridgehead atoms. The Kier molecular flexibility index (Phi) is 3.92. The summed E-state index contributed by atoms with van der Waals surface area (Å²) in [5.41, 5.74) is 1.13. The molecule has 0 unspecified atom stereocenters. The Balaban J connectivity index is 1.64. The van der Waals surface area contributed by atoms with Crippen molar-refractivity contribution in [3.05, 3.63) is 53.5 Å². The summed E-state index contributed by atoms with van der Waals surface area (Å²) in [6, 6.07) is 11.2. The van der Waals surface area contributed by atoms with E-state index in [4.69, 9.17) is 4.42 Å². The first-order chi connectivity index (χ1) is 10.1. The van der Waals surface area contributed by atoms with Crippen LogP contribution < -0.4 is 5.32 Å². The molecule has 4 nitrogen and oxygen atoms in total. The lowest BCUT2D eigenvalue weighted by Crippen LogP contribution is -2.24. The number of nitrogens with one attached hydrogen (secondary N) is 1. The van der Waals surface area contributed by atoms with E-state index in [0.717, 1.165) is 23.3 Å². The van der Waals surface area contributed by atoms with Gasteiger partial charge < -0.3 is 9.73 Å². The van der Waals surface area contributed by atoms with Crippen molar-refractivity contribution >= 4 is 16.7 Å². The van der Waals surface area contributed by atoms with Gasteiger partial charge in [0, 0.05) is 10.9 Å². The minimum absolute atomic E-state index is 0.190. The van der Waals surface area contributed by atoms with E-state index in [0.29, 0.717) is 11.8 Å². The van der Waals surface area contributed by atoms with Gasteiger partial charge in [0.25, 0.3) is 5.91 Å². The fourth-order valence-corrected chi connectivity index (χ4v) is 2.98. The molecule has 1 amide bonds. The van der Waals surface area contributed by atoms with Gasteiger partial charge in [-0.25, -0.2) is 0 Å². The average molecular weight is 303 g/mol. The normalized spacial score (nSPS) is 15.7. The van der Waals surface area contributed by atoms with Gasteiger partial charge >= 0.3 is 0 Å². The van der Waals surface area contributed by atoms with Gasteiger partial charge in [-0.3, -0.25) is 9.00 Å². The Bertz CT molecular complexity index is 671. The highest BCUT2D eigenvalue weighted by atomic mass is 32.2. The molecule has 0 spiro atoms. The molecular formula is C16H17NO3S. The van der Waals surface area contributed by atoms with Gasteiger partial charge in [-0.05, 0) is 44.0 Å². The summed E-state index contributed by atoms with van der Waals surface area (Å²) in [5, 5.41) is 2.87. The van der Waals surface area contributed by atoms with Crippen LogP contribution >= 0.6 is 0 Å². The Morgan fingerprint density at radius 3 is 2.62 bits per heavy atom. The second-order valence-corrected chi connectivity index (χ2v) is 6.77. The molecule has 0 radical (unpaired) electrons. The van der Waals surface area contributed by atoms with Crippen LogP contribution in [0.5, 0.6) is 0 Å². The van der Waals surface area contributed by atoms with Crippen LogP contribution in [0.15, 0.2) is 45.7 Å². The molecular weight excluding hydrogens is 286 g/mol. The molecule has 1 fully saturated rings. The van der Waals surface area contributed by atoms with Gasteiger partial charge in [0.05, 0.1) is 16.6 Å². The number of benzene rings is 1. The fraction of sp³-hybridized carbons (Fsp3) is 0.312. The van der Waals surface area contributed by atoms with Crippen molar-refractivity contribution in [3.8, 4) is 0 Å². The van der Waals surface area contributed by atoms with Gasteiger partial charge in [0.2, 0.25) is 0 Å². The second-order valence-electron chi connectivity index (χ2n) is 5.32. The van der Waals surface area contributed by atoms with Crippen LogP contribution in [0.1, 0.15) is 34.7 Å². The van der Waals surface area contributed by atoms with E-state index in [1.165, 1.54) is 0 Å². The Morgan fingerprint density at radius 2 is 1.95 bits per heavy atom. The number of aryl methyl sites for hydroxylation is 1. The van der Waals surface area contributed by atoms with Gasteiger partial charge in [0.15, 0.2) is 5.76 Å². The van der Waals surface area contributed by atoms with Crippen LogP contribution in [0.2, 0.25) is 0 Å². The minimum Gasteiger partial charge on any atom is -0.455 e. The first kappa shape index (κ1) is 14.1. The zero-order valence-corrected chi connectivity index (χ0v) is 12.6. The lowest BCUT2D eigenvalue weighted by Gasteiger charge is -2.01. The second kappa shape index (κ2) is 5.85. The van der Waals surface area contributed by atoms with E-state index < -0.39 is 10.8 Å². The van der Waals surface area contributed by atoms with Crippen LogP contribution in [-0.4, -0.2) is 16.2 Å². The van der Waals surface area contributed by atoms with Crippen molar-refractivity contribution < 1.29 is 13.4 Å². The number of hydrogen-bond acceptors (Lipinski definition) is 3. The Hall–Kier alpha value is -1.88. The molecule has 1 saturated carbocycles. The molecule has 3 rings (SSSR count). The van der Waals surface area contributed by atoms with Crippen molar-refractivity contribution in [2.45, 2.75) is 36.5 Å². The molecule has 1 aliphatic rings. The largest absolute Gasteiger partial charge is 0.455 e. The Morgan fingerprint density at radius 1 is 1.24 bits per heavy atom. The number of rotatable bonds is 5. The third kappa shape index (κ3) is 3.61. The standard InChI is InChI=1S/C16H17NO3S/c1-11-2-7-14(8-3-11)21(19)10-13-6-9-15(20-13)16(18)17-12-4-5-12/h2-3,6-9,12H,4-5,10H2,1H3,(H,17,18)/t21-/m1/s1. The van der Waals surface area contributed by atoms with Crippen molar-refractivity contribution in [3.63, 3.8) is 0 Å². The quantitative estimate of drug-likeness (QED) is 0.924. The van der Waals surface area contributed by atoms with Crippen molar-refractivity contribution in [2.75, 3.05) is 0 Å². The monoisotopic (exact) mass is 303 g/mol. The van der Waals surface area contributed by atoms with Crippen LogP contribution in [0.25, 0.3) is 0 Å². The lowest BCUT2D eigenvalue weighted by atomic mass is 10.2. The Labute approximate surface area is 126 Å². The molecule has 5 heteroatoms. The van der Waals surface area contributed by atoms with Crippen molar-refractivity contribution in [1.29, 1.82) is 0 Å². The third-order valence-electron chi connectivity index (χ3n) is 3.36. The maximum atomic E-state index is 12.2. The fourth-order valence-electron chi connectivity index (χ4n) is 1.96. The summed E-state index contributed by atoms with van der Waals surface area (Å²) in [4.78, 5) is 12.6. The van der Waals surface area contributed by atoms with Crippen LogP contribution in [0.3, 0.4) is 0 Å². The molecule has 1 atom stereocenters. The predicted molar refractivity (Wildman–Crippen MR) is 80.5 cm³/mol. The summed E-state index contributed by atoms with van der Waals surface area (Å²) >= 11 is 0. The molecule has 110 valence electrons. The number of furan rings is 1. The molecule has 1 N–H and O–H groups in total. The highest BCUT2D eigenvalue weighted by Gasteiger charge is 2.25. The smallest absolute Gasteiger partial charge is 0.287 e. The first-order valence-electron chi connectivity index (χ1n) is 6.96. The third-order valence-corrected chi connectivity index (χ3v) is 4.70. The SMILES string of the molecule is Cc1ccc([S@](=O)Cc2ccc(C(=O)NC3CC3)o2)cc1. The number of carbonyl (C=O) groups is 1. The minimum atomic E-state index is -1.17. The van der Waals surface area contributed by atoms with Gasteiger partial charge in [-0.1, -0.05) is 17.7 Å². The topological polar surface area (TPSA) is 59.3 Å². The van der Waals surface area contributed by atoms with Gasteiger partial charge in [0.1, 0.15) is 5.76 Å². The van der Waals surface area contributed by atoms with Gasteiger partial charge in [-0.15, -0.1) is 0 Å². The van der Waals surface area contributed by atoms with Crippen molar-refractivity contribution in [2.24, 2.45) is 0 Å². The number of amides is 1. The van der Waals surface area contributed by atoms with Crippen LogP contribution in [-0.2, 0) is 16.6 Å². The number of carbonyl (C=O) groups excluding carboxylic acids is 1. The van der Waals surface area contributed by atoms with E-state index in [1.807, 2.05) is 31.2 Å². The molecule has 1 aromatic heterocycles. The van der Waals surface area contributed by atoms with E-state index >= 15 is 0 Å². The molecule has 21 heavy (non-hydrogen) atoms. The zero-order valence-electron chi connectivity index (χ0n) is 11.8. The lowest BCUT2D eigenvalue weighted by molar-refractivity contribution is 0.0922. The van der Waals surface area contributed by atoms with E-state index in [9.17, 15) is 9.00 Å². The molecule has 0 saturated heterocycles. The van der Waals surface area contributed by atoms with Crippen LogP contribution in [0, 0.1) is 6.92 Å². The van der Waals surface area contributed by atoms with Crippen LogP contribution in [0.4, 0.5) is 0 Å².